The Hall–Kier alpha value is -2.21. The molecule has 2 amide bonds. The van der Waals surface area contributed by atoms with Crippen molar-refractivity contribution < 1.29 is 14.3 Å². The molecule has 0 aliphatic carbocycles. The van der Waals surface area contributed by atoms with E-state index < -0.39 is 17.7 Å². The molecule has 0 radical (unpaired) electrons. The van der Waals surface area contributed by atoms with Crippen molar-refractivity contribution in [3.63, 3.8) is 0 Å². The van der Waals surface area contributed by atoms with Gasteiger partial charge in [-0.1, -0.05) is 41.9 Å². The number of ether oxygens (including phenoxy) is 1. The summed E-state index contributed by atoms with van der Waals surface area (Å²) in [6.45, 7) is 6.08. The Morgan fingerprint density at radius 2 is 1.96 bits per heavy atom. The van der Waals surface area contributed by atoms with E-state index in [2.05, 4.69) is 15.5 Å². The van der Waals surface area contributed by atoms with E-state index >= 15 is 0 Å². The first-order valence-electron chi connectivity index (χ1n) is 9.20. The summed E-state index contributed by atoms with van der Waals surface area (Å²) in [6.07, 6.45) is 3.07. The number of rotatable bonds is 4. The van der Waals surface area contributed by atoms with Gasteiger partial charge in [-0.3, -0.25) is 4.79 Å². The smallest absolute Gasteiger partial charge is 0.408 e. The molecular formula is C20H26ClN3O3. The molecule has 146 valence electrons. The molecule has 1 aromatic carbocycles. The number of nitrogens with one attached hydrogen (secondary N) is 2. The normalized spacial score (nSPS) is 22.7. The number of carbonyl (C=O) groups is 2. The lowest BCUT2D eigenvalue weighted by Crippen LogP contribution is -2.66. The molecule has 1 aromatic rings. The van der Waals surface area contributed by atoms with Crippen LogP contribution in [0, 0.1) is 0 Å². The van der Waals surface area contributed by atoms with Gasteiger partial charge >= 0.3 is 6.09 Å². The molecule has 6 nitrogen and oxygen atoms in total. The van der Waals surface area contributed by atoms with Crippen LogP contribution in [0.1, 0.15) is 45.2 Å². The van der Waals surface area contributed by atoms with E-state index in [1.807, 2.05) is 36.5 Å². The Morgan fingerprint density at radius 3 is 2.59 bits per heavy atom. The number of benzene rings is 1. The highest BCUT2D eigenvalue weighted by atomic mass is 35.5. The third-order valence-electron chi connectivity index (χ3n) is 4.67. The second-order valence-electron chi connectivity index (χ2n) is 7.98. The van der Waals surface area contributed by atoms with E-state index in [-0.39, 0.29) is 18.0 Å². The fraction of sp³-hybridized carbons (Fsp3) is 0.500. The van der Waals surface area contributed by atoms with Crippen LogP contribution < -0.4 is 10.6 Å². The SMILES string of the molecule is CC(C)(C)OC(=O)NC(C(=O)NC1CN2C=C(Cl)CCC12)c1ccccc1. The third kappa shape index (κ3) is 4.95. The highest BCUT2D eigenvalue weighted by Crippen LogP contribution is 2.32. The molecule has 0 spiro atoms. The van der Waals surface area contributed by atoms with Gasteiger partial charge in [-0.2, -0.15) is 0 Å². The van der Waals surface area contributed by atoms with Crippen LogP contribution in [0.25, 0.3) is 0 Å². The lowest BCUT2D eigenvalue weighted by Gasteiger charge is -2.50. The zero-order valence-electron chi connectivity index (χ0n) is 15.9. The van der Waals surface area contributed by atoms with Gasteiger partial charge in [0.2, 0.25) is 5.91 Å². The molecule has 2 aliphatic rings. The maximum atomic E-state index is 12.9. The maximum Gasteiger partial charge on any atom is 0.408 e. The number of carbonyl (C=O) groups excluding carboxylic acids is 2. The summed E-state index contributed by atoms with van der Waals surface area (Å²) >= 11 is 6.08. The molecule has 1 fully saturated rings. The molecule has 1 saturated heterocycles. The van der Waals surface area contributed by atoms with Gasteiger partial charge in [-0.15, -0.1) is 0 Å². The highest BCUT2D eigenvalue weighted by molar-refractivity contribution is 6.29. The van der Waals surface area contributed by atoms with Crippen LogP contribution in [0.15, 0.2) is 41.6 Å². The number of alkyl carbamates (subject to hydrolysis) is 1. The maximum absolute atomic E-state index is 12.9. The Bertz CT molecular complexity index is 730. The fourth-order valence-corrected chi connectivity index (χ4v) is 3.64. The summed E-state index contributed by atoms with van der Waals surface area (Å²) in [5.74, 6) is -0.239. The van der Waals surface area contributed by atoms with Crippen molar-refractivity contribution in [2.24, 2.45) is 0 Å². The fourth-order valence-electron chi connectivity index (χ4n) is 3.40. The Balaban J connectivity index is 1.67. The van der Waals surface area contributed by atoms with Crippen LogP contribution in [-0.2, 0) is 9.53 Å². The summed E-state index contributed by atoms with van der Waals surface area (Å²) < 4.78 is 5.32. The predicted molar refractivity (Wildman–Crippen MR) is 104 cm³/mol. The molecule has 0 saturated carbocycles. The number of hydrogen-bond acceptors (Lipinski definition) is 4. The Kier molecular flexibility index (Phi) is 5.65. The van der Waals surface area contributed by atoms with Crippen LogP contribution in [0.5, 0.6) is 0 Å². The molecule has 27 heavy (non-hydrogen) atoms. The van der Waals surface area contributed by atoms with Gasteiger partial charge in [0, 0.05) is 17.8 Å². The molecular weight excluding hydrogens is 366 g/mol. The third-order valence-corrected chi connectivity index (χ3v) is 4.95. The van der Waals surface area contributed by atoms with Gasteiger partial charge < -0.3 is 20.3 Å². The van der Waals surface area contributed by atoms with Crippen molar-refractivity contribution in [1.29, 1.82) is 0 Å². The number of allylic oxidation sites excluding steroid dienone is 1. The van der Waals surface area contributed by atoms with Gasteiger partial charge in [-0.05, 0) is 39.2 Å². The van der Waals surface area contributed by atoms with Gasteiger partial charge in [0.05, 0.1) is 12.1 Å². The number of halogens is 1. The Morgan fingerprint density at radius 1 is 1.26 bits per heavy atom. The van der Waals surface area contributed by atoms with Crippen LogP contribution in [0.4, 0.5) is 4.79 Å². The van der Waals surface area contributed by atoms with E-state index in [1.54, 1.807) is 20.8 Å². The zero-order valence-corrected chi connectivity index (χ0v) is 16.6. The number of nitrogens with zero attached hydrogens (tertiary/aromatic N) is 1. The van der Waals surface area contributed by atoms with E-state index in [1.165, 1.54) is 0 Å². The van der Waals surface area contributed by atoms with Crippen LogP contribution in [0.2, 0.25) is 0 Å². The molecule has 2 N–H and O–H groups in total. The topological polar surface area (TPSA) is 70.7 Å². The minimum Gasteiger partial charge on any atom is -0.444 e. The van der Waals surface area contributed by atoms with E-state index in [0.29, 0.717) is 5.56 Å². The van der Waals surface area contributed by atoms with Gasteiger partial charge in [0.15, 0.2) is 0 Å². The van der Waals surface area contributed by atoms with Crippen molar-refractivity contribution in [3.8, 4) is 0 Å². The lowest BCUT2D eigenvalue weighted by molar-refractivity contribution is -0.126. The molecule has 0 aromatic heterocycles. The average molecular weight is 392 g/mol. The van der Waals surface area contributed by atoms with Crippen molar-refractivity contribution in [1.82, 2.24) is 15.5 Å². The van der Waals surface area contributed by atoms with Crippen LogP contribution in [0.3, 0.4) is 0 Å². The average Bonchev–Trinajstić information content (AvgIpc) is 2.57. The molecule has 7 heteroatoms. The number of amides is 2. The summed E-state index contributed by atoms with van der Waals surface area (Å²) in [5, 5.41) is 6.63. The standard InChI is InChI=1S/C20H26ClN3O3/c1-20(2,3)27-19(26)23-17(13-7-5-4-6-8-13)18(25)22-15-12-24-11-14(21)9-10-16(15)24/h4-8,11,15-17H,9-10,12H2,1-3H3,(H,22,25)(H,23,26). The van der Waals surface area contributed by atoms with Gasteiger partial charge in [0.25, 0.3) is 0 Å². The number of fused-ring (bicyclic) bond motifs is 1. The summed E-state index contributed by atoms with van der Waals surface area (Å²) in [6, 6.07) is 8.68. The van der Waals surface area contributed by atoms with Gasteiger partial charge in [0.1, 0.15) is 11.6 Å². The van der Waals surface area contributed by atoms with Gasteiger partial charge in [-0.25, -0.2) is 4.79 Å². The molecule has 3 rings (SSSR count). The van der Waals surface area contributed by atoms with E-state index in [0.717, 1.165) is 24.4 Å². The van der Waals surface area contributed by atoms with Crippen molar-refractivity contribution >= 4 is 23.6 Å². The van der Waals surface area contributed by atoms with E-state index in [9.17, 15) is 9.59 Å². The molecule has 2 heterocycles. The second kappa shape index (κ2) is 7.80. The molecule has 3 atom stereocenters. The van der Waals surface area contributed by atoms with E-state index in [4.69, 9.17) is 16.3 Å². The van der Waals surface area contributed by atoms with Crippen LogP contribution >= 0.6 is 11.6 Å². The number of hydrogen-bond donors (Lipinski definition) is 2. The minimum absolute atomic E-state index is 0.0464. The summed E-state index contributed by atoms with van der Waals surface area (Å²) in [7, 11) is 0. The largest absolute Gasteiger partial charge is 0.444 e. The first-order chi connectivity index (χ1) is 12.7. The lowest BCUT2D eigenvalue weighted by atomic mass is 9.89. The monoisotopic (exact) mass is 391 g/mol. The van der Waals surface area contributed by atoms with Crippen molar-refractivity contribution in [2.45, 2.75) is 57.3 Å². The molecule has 3 unspecified atom stereocenters. The molecule has 0 bridgehead atoms. The highest BCUT2D eigenvalue weighted by Gasteiger charge is 2.41. The first kappa shape index (κ1) is 19.5. The van der Waals surface area contributed by atoms with Crippen molar-refractivity contribution in [3.05, 3.63) is 47.1 Å². The predicted octanol–water partition coefficient (Wildman–Crippen LogP) is 3.30. The first-order valence-corrected chi connectivity index (χ1v) is 9.57. The minimum atomic E-state index is -0.808. The molecule has 2 aliphatic heterocycles. The second-order valence-corrected chi connectivity index (χ2v) is 8.47. The quantitative estimate of drug-likeness (QED) is 0.826. The summed E-state index contributed by atoms with van der Waals surface area (Å²) in [5.41, 5.74) is 0.0767. The zero-order chi connectivity index (χ0) is 19.6. The summed E-state index contributed by atoms with van der Waals surface area (Å²) in [4.78, 5) is 27.3. The van der Waals surface area contributed by atoms with Crippen LogP contribution in [-0.4, -0.2) is 41.1 Å². The Labute approximate surface area is 164 Å². The van der Waals surface area contributed by atoms with Crippen molar-refractivity contribution in [2.75, 3.05) is 6.54 Å².